The van der Waals surface area contributed by atoms with Gasteiger partial charge in [-0.15, -0.1) is 6.58 Å². The van der Waals surface area contributed by atoms with Crippen molar-refractivity contribution in [2.75, 3.05) is 0 Å². The molecule has 1 aromatic carbocycles. The summed E-state index contributed by atoms with van der Waals surface area (Å²) in [6, 6.07) is 10.5. The summed E-state index contributed by atoms with van der Waals surface area (Å²) in [4.78, 5) is 0. The van der Waals surface area contributed by atoms with E-state index in [0.717, 1.165) is 32.1 Å². The van der Waals surface area contributed by atoms with E-state index in [9.17, 15) is 5.11 Å². The zero-order valence-corrected chi connectivity index (χ0v) is 14.3. The molecule has 1 aliphatic rings. The maximum absolute atomic E-state index is 10.9. The Morgan fingerprint density at radius 3 is 2.50 bits per heavy atom. The summed E-state index contributed by atoms with van der Waals surface area (Å²) in [5.74, 6) is 0.543. The number of aryl methyl sites for hydroxylation is 1. The Kier molecular flexibility index (Phi) is 5.63. The third-order valence-electron chi connectivity index (χ3n) is 4.82. The number of aliphatic hydroxyl groups excluding tert-OH is 1. The lowest BCUT2D eigenvalue weighted by Gasteiger charge is -2.49. The smallest absolute Gasteiger partial charge is 0.0639 e. The Labute approximate surface area is 135 Å². The number of rotatable bonds is 7. The molecule has 1 heteroatoms. The molecular weight excluding hydrogens is 268 g/mol. The van der Waals surface area contributed by atoms with Crippen molar-refractivity contribution in [1.29, 1.82) is 0 Å². The van der Waals surface area contributed by atoms with E-state index in [4.69, 9.17) is 0 Å². The van der Waals surface area contributed by atoms with E-state index in [1.807, 2.05) is 6.07 Å². The predicted molar refractivity (Wildman–Crippen MR) is 94.8 cm³/mol. The molecule has 120 valence electrons. The van der Waals surface area contributed by atoms with E-state index in [-0.39, 0.29) is 11.5 Å². The largest absolute Gasteiger partial charge is 0.392 e. The number of aliphatic hydroxyl groups is 1. The van der Waals surface area contributed by atoms with Crippen LogP contribution in [0.15, 0.2) is 54.1 Å². The first-order valence-corrected chi connectivity index (χ1v) is 8.51. The van der Waals surface area contributed by atoms with Crippen LogP contribution in [0.3, 0.4) is 0 Å². The number of hydrogen-bond acceptors (Lipinski definition) is 1. The van der Waals surface area contributed by atoms with Crippen molar-refractivity contribution in [2.45, 2.75) is 59.0 Å². The highest BCUT2D eigenvalue weighted by molar-refractivity contribution is 5.29. The maximum Gasteiger partial charge on any atom is 0.0639 e. The van der Waals surface area contributed by atoms with Crippen LogP contribution in [0.25, 0.3) is 0 Å². The third-order valence-corrected chi connectivity index (χ3v) is 4.82. The minimum Gasteiger partial charge on any atom is -0.392 e. The molecule has 1 aromatic rings. The van der Waals surface area contributed by atoms with Crippen LogP contribution in [0.5, 0.6) is 0 Å². The van der Waals surface area contributed by atoms with Gasteiger partial charge in [-0.1, -0.05) is 61.4 Å². The molecule has 0 spiro atoms. The Morgan fingerprint density at radius 2 is 2.00 bits per heavy atom. The van der Waals surface area contributed by atoms with Crippen LogP contribution in [-0.2, 0) is 6.42 Å². The van der Waals surface area contributed by atoms with E-state index >= 15 is 0 Å². The van der Waals surface area contributed by atoms with Crippen molar-refractivity contribution in [3.05, 3.63) is 59.7 Å². The van der Waals surface area contributed by atoms with E-state index < -0.39 is 0 Å². The second-order valence-electron chi connectivity index (χ2n) is 7.27. The second kappa shape index (κ2) is 7.28. The molecule has 0 radical (unpaired) electrons. The summed E-state index contributed by atoms with van der Waals surface area (Å²) in [5, 5.41) is 10.9. The summed E-state index contributed by atoms with van der Waals surface area (Å²) in [7, 11) is 0. The Bertz CT molecular complexity index is 526. The minimum atomic E-state index is -0.275. The monoisotopic (exact) mass is 298 g/mol. The highest BCUT2D eigenvalue weighted by atomic mass is 16.3. The molecule has 1 fully saturated rings. The van der Waals surface area contributed by atoms with Gasteiger partial charge in [-0.05, 0) is 50.5 Å². The Hall–Kier alpha value is -1.34. The lowest BCUT2D eigenvalue weighted by molar-refractivity contribution is 0.00731. The molecular formula is C21H30O. The van der Waals surface area contributed by atoms with Crippen molar-refractivity contribution in [2.24, 2.45) is 11.3 Å². The summed E-state index contributed by atoms with van der Waals surface area (Å²) >= 11 is 0. The van der Waals surface area contributed by atoms with Gasteiger partial charge in [-0.2, -0.15) is 0 Å². The van der Waals surface area contributed by atoms with Gasteiger partial charge in [-0.25, -0.2) is 0 Å². The first kappa shape index (κ1) is 17.0. The summed E-state index contributed by atoms with van der Waals surface area (Å²) in [6.07, 6.45) is 6.99. The third kappa shape index (κ3) is 3.89. The molecule has 1 N–H and O–H groups in total. The van der Waals surface area contributed by atoms with Crippen molar-refractivity contribution in [1.82, 2.24) is 0 Å². The lowest BCUT2D eigenvalue weighted by atomic mass is 9.57. The molecule has 22 heavy (non-hydrogen) atoms. The molecule has 2 atom stereocenters. The zero-order valence-electron chi connectivity index (χ0n) is 14.3. The molecule has 1 aliphatic carbocycles. The zero-order chi connectivity index (χ0) is 16.2. The quantitative estimate of drug-likeness (QED) is 0.676. The average molecular weight is 298 g/mol. The molecule has 1 saturated carbocycles. The fraction of sp³-hybridized carbons (Fsp3) is 0.524. The molecule has 1 nitrogen and oxygen atoms in total. The van der Waals surface area contributed by atoms with Crippen molar-refractivity contribution < 1.29 is 5.11 Å². The minimum absolute atomic E-state index is 0.0507. The highest BCUT2D eigenvalue weighted by Crippen LogP contribution is 2.54. The van der Waals surface area contributed by atoms with Crippen LogP contribution in [0, 0.1) is 11.3 Å². The second-order valence-corrected chi connectivity index (χ2v) is 7.27. The first-order chi connectivity index (χ1) is 10.4. The fourth-order valence-corrected chi connectivity index (χ4v) is 3.71. The number of hydrogen-bond donors (Lipinski definition) is 1. The van der Waals surface area contributed by atoms with Crippen LogP contribution in [0.2, 0.25) is 0 Å². The summed E-state index contributed by atoms with van der Waals surface area (Å²) in [5.41, 5.74) is 3.88. The molecule has 2 rings (SSSR count). The lowest BCUT2D eigenvalue weighted by Crippen LogP contribution is -2.44. The molecule has 0 aromatic heterocycles. The van der Waals surface area contributed by atoms with Gasteiger partial charge in [0.15, 0.2) is 0 Å². The van der Waals surface area contributed by atoms with Crippen molar-refractivity contribution in [3.8, 4) is 0 Å². The van der Waals surface area contributed by atoms with Crippen LogP contribution in [0.1, 0.15) is 52.0 Å². The van der Waals surface area contributed by atoms with Crippen LogP contribution >= 0.6 is 0 Å². The van der Waals surface area contributed by atoms with Gasteiger partial charge in [0.25, 0.3) is 0 Å². The van der Waals surface area contributed by atoms with E-state index in [2.05, 4.69) is 57.7 Å². The highest BCUT2D eigenvalue weighted by Gasteiger charge is 2.46. The average Bonchev–Trinajstić information content (AvgIpc) is 2.47. The van der Waals surface area contributed by atoms with E-state index in [1.54, 1.807) is 0 Å². The summed E-state index contributed by atoms with van der Waals surface area (Å²) in [6.45, 7) is 10.6. The van der Waals surface area contributed by atoms with Crippen LogP contribution in [-0.4, -0.2) is 11.2 Å². The first-order valence-electron chi connectivity index (χ1n) is 8.51. The SMILES string of the molecule is C=C(C)C[C@@]1([C@@H](O)CCc2ccccc2)CC/C1=C\C(C)C. The Balaban J connectivity index is 2.10. The standard InChI is InChI=1S/C21H30O/c1-16(2)14-19-12-13-21(19,15-17(3)4)20(22)11-10-18-8-6-5-7-9-18/h5-9,14,16,20,22H,3,10-13,15H2,1-2,4H3/b19-14+/t20-,21-/m0/s1. The number of allylic oxidation sites excluding steroid dienone is 2. The van der Waals surface area contributed by atoms with Gasteiger partial charge in [-0.3, -0.25) is 0 Å². The maximum atomic E-state index is 10.9. The van der Waals surface area contributed by atoms with Gasteiger partial charge in [0.2, 0.25) is 0 Å². The molecule has 0 bridgehead atoms. The van der Waals surface area contributed by atoms with E-state index in [1.165, 1.54) is 16.7 Å². The molecule has 0 aliphatic heterocycles. The Morgan fingerprint density at radius 1 is 1.32 bits per heavy atom. The van der Waals surface area contributed by atoms with Crippen LogP contribution < -0.4 is 0 Å². The van der Waals surface area contributed by atoms with Gasteiger partial charge >= 0.3 is 0 Å². The topological polar surface area (TPSA) is 20.2 Å². The number of benzene rings is 1. The molecule has 0 saturated heterocycles. The van der Waals surface area contributed by atoms with Gasteiger partial charge in [0.1, 0.15) is 0 Å². The fourth-order valence-electron chi connectivity index (χ4n) is 3.71. The normalized spacial score (nSPS) is 24.3. The van der Waals surface area contributed by atoms with Crippen molar-refractivity contribution >= 4 is 0 Å². The van der Waals surface area contributed by atoms with E-state index in [0.29, 0.717) is 5.92 Å². The van der Waals surface area contributed by atoms with Gasteiger partial charge in [0.05, 0.1) is 6.10 Å². The van der Waals surface area contributed by atoms with Gasteiger partial charge < -0.3 is 5.11 Å². The van der Waals surface area contributed by atoms with Crippen LogP contribution in [0.4, 0.5) is 0 Å². The molecule has 0 heterocycles. The molecule has 0 amide bonds. The van der Waals surface area contributed by atoms with Crippen molar-refractivity contribution in [3.63, 3.8) is 0 Å². The summed E-state index contributed by atoms with van der Waals surface area (Å²) < 4.78 is 0. The predicted octanol–water partition coefficient (Wildman–Crippen LogP) is 5.31. The molecule has 0 unspecified atom stereocenters. The van der Waals surface area contributed by atoms with Gasteiger partial charge in [0, 0.05) is 5.41 Å².